The third-order valence-electron chi connectivity index (χ3n) is 3.34. The SMILES string of the molecule is O=C(C=Cc1ccc(F)cc1)NC1CCC(O)CC1. The molecule has 0 atom stereocenters. The van der Waals surface area contributed by atoms with Crippen LogP contribution in [0.15, 0.2) is 30.3 Å². The molecule has 1 aliphatic carbocycles. The molecule has 2 rings (SSSR count). The summed E-state index contributed by atoms with van der Waals surface area (Å²) in [6.45, 7) is 0. The van der Waals surface area contributed by atoms with Crippen molar-refractivity contribution in [1.29, 1.82) is 0 Å². The van der Waals surface area contributed by atoms with Crippen molar-refractivity contribution in [3.8, 4) is 0 Å². The van der Waals surface area contributed by atoms with Crippen molar-refractivity contribution in [3.63, 3.8) is 0 Å². The smallest absolute Gasteiger partial charge is 0.244 e. The van der Waals surface area contributed by atoms with Crippen LogP contribution in [0.4, 0.5) is 4.39 Å². The van der Waals surface area contributed by atoms with E-state index in [1.165, 1.54) is 18.2 Å². The van der Waals surface area contributed by atoms with E-state index < -0.39 is 0 Å². The van der Waals surface area contributed by atoms with Gasteiger partial charge in [-0.2, -0.15) is 0 Å². The molecule has 0 unspecified atom stereocenters. The highest BCUT2D eigenvalue weighted by molar-refractivity contribution is 5.91. The Morgan fingerprint density at radius 1 is 1.21 bits per heavy atom. The first-order chi connectivity index (χ1) is 9.13. The molecule has 1 amide bonds. The zero-order valence-corrected chi connectivity index (χ0v) is 10.7. The predicted molar refractivity (Wildman–Crippen MR) is 71.8 cm³/mol. The number of amides is 1. The Bertz CT molecular complexity index is 448. The quantitative estimate of drug-likeness (QED) is 0.822. The molecule has 1 aromatic carbocycles. The number of hydrogen-bond acceptors (Lipinski definition) is 2. The lowest BCUT2D eigenvalue weighted by molar-refractivity contribution is -0.117. The summed E-state index contributed by atoms with van der Waals surface area (Å²) in [4.78, 5) is 11.7. The Morgan fingerprint density at radius 3 is 2.47 bits per heavy atom. The first kappa shape index (κ1) is 13.7. The highest BCUT2D eigenvalue weighted by Crippen LogP contribution is 2.18. The number of rotatable bonds is 3. The molecule has 1 aliphatic rings. The van der Waals surface area contributed by atoms with Gasteiger partial charge >= 0.3 is 0 Å². The Balaban J connectivity index is 1.82. The van der Waals surface area contributed by atoms with Gasteiger partial charge in [0.2, 0.25) is 5.91 Å². The monoisotopic (exact) mass is 263 g/mol. The van der Waals surface area contributed by atoms with Gasteiger partial charge in [-0.1, -0.05) is 12.1 Å². The first-order valence-electron chi connectivity index (χ1n) is 6.56. The number of aliphatic hydroxyl groups is 1. The maximum Gasteiger partial charge on any atom is 0.244 e. The van der Waals surface area contributed by atoms with Crippen LogP contribution in [0.2, 0.25) is 0 Å². The molecule has 4 heteroatoms. The Kier molecular flexibility index (Phi) is 4.68. The lowest BCUT2D eigenvalue weighted by Crippen LogP contribution is -2.37. The minimum absolute atomic E-state index is 0.147. The average molecular weight is 263 g/mol. The molecule has 0 aliphatic heterocycles. The van der Waals surface area contributed by atoms with E-state index in [2.05, 4.69) is 5.32 Å². The van der Waals surface area contributed by atoms with Gasteiger partial charge in [0.05, 0.1) is 6.10 Å². The largest absolute Gasteiger partial charge is 0.393 e. The van der Waals surface area contributed by atoms with Crippen LogP contribution in [0.3, 0.4) is 0 Å². The van der Waals surface area contributed by atoms with Crippen LogP contribution in [-0.4, -0.2) is 23.2 Å². The second-order valence-corrected chi connectivity index (χ2v) is 4.90. The van der Waals surface area contributed by atoms with E-state index in [0.29, 0.717) is 0 Å². The molecule has 19 heavy (non-hydrogen) atoms. The average Bonchev–Trinajstić information content (AvgIpc) is 2.41. The summed E-state index contributed by atoms with van der Waals surface area (Å²) in [5, 5.41) is 12.3. The highest BCUT2D eigenvalue weighted by Gasteiger charge is 2.19. The van der Waals surface area contributed by atoms with Gasteiger partial charge in [-0.3, -0.25) is 4.79 Å². The second kappa shape index (κ2) is 6.48. The van der Waals surface area contributed by atoms with Crippen molar-refractivity contribution < 1.29 is 14.3 Å². The number of hydrogen-bond donors (Lipinski definition) is 2. The van der Waals surface area contributed by atoms with Crippen LogP contribution in [0, 0.1) is 5.82 Å². The topological polar surface area (TPSA) is 49.3 Å². The van der Waals surface area contributed by atoms with Gasteiger partial charge in [-0.05, 0) is 49.5 Å². The van der Waals surface area contributed by atoms with Crippen LogP contribution in [0.1, 0.15) is 31.2 Å². The fourth-order valence-electron chi connectivity index (χ4n) is 2.22. The summed E-state index contributed by atoms with van der Waals surface area (Å²) in [6.07, 6.45) is 6.02. The molecule has 1 aromatic rings. The molecule has 3 nitrogen and oxygen atoms in total. The standard InChI is InChI=1S/C15H18FNO2/c16-12-4-1-11(2-5-12)3-10-15(19)17-13-6-8-14(18)9-7-13/h1-5,10,13-14,18H,6-9H2,(H,17,19). The molecule has 1 saturated carbocycles. The van der Waals surface area contributed by atoms with E-state index in [-0.39, 0.29) is 23.9 Å². The Labute approximate surface area is 112 Å². The molecule has 0 aromatic heterocycles. The van der Waals surface area contributed by atoms with E-state index in [1.807, 2.05) is 0 Å². The Morgan fingerprint density at radius 2 is 1.84 bits per heavy atom. The molecule has 0 bridgehead atoms. The van der Waals surface area contributed by atoms with Gasteiger partial charge in [0.15, 0.2) is 0 Å². The van der Waals surface area contributed by atoms with Gasteiger partial charge in [-0.15, -0.1) is 0 Å². The van der Waals surface area contributed by atoms with Crippen molar-refractivity contribution in [2.75, 3.05) is 0 Å². The molecule has 0 saturated heterocycles. The normalized spacial score (nSPS) is 23.5. The number of carbonyl (C=O) groups is 1. The van der Waals surface area contributed by atoms with Gasteiger partial charge in [0.25, 0.3) is 0 Å². The highest BCUT2D eigenvalue weighted by atomic mass is 19.1. The van der Waals surface area contributed by atoms with Gasteiger partial charge in [0, 0.05) is 12.1 Å². The minimum Gasteiger partial charge on any atom is -0.393 e. The van der Waals surface area contributed by atoms with E-state index in [4.69, 9.17) is 0 Å². The molecule has 0 heterocycles. The summed E-state index contributed by atoms with van der Waals surface area (Å²) in [5.41, 5.74) is 0.788. The molecule has 0 spiro atoms. The fraction of sp³-hybridized carbons (Fsp3) is 0.400. The van der Waals surface area contributed by atoms with Gasteiger partial charge < -0.3 is 10.4 Å². The van der Waals surface area contributed by atoms with E-state index in [0.717, 1.165) is 31.2 Å². The molecule has 0 radical (unpaired) electrons. The lowest BCUT2D eigenvalue weighted by Gasteiger charge is -2.25. The Hall–Kier alpha value is -1.68. The predicted octanol–water partition coefficient (Wildman–Crippen LogP) is 2.26. The molecule has 102 valence electrons. The number of carbonyl (C=O) groups excluding carboxylic acids is 1. The summed E-state index contributed by atoms with van der Waals surface area (Å²) >= 11 is 0. The van der Waals surface area contributed by atoms with Crippen molar-refractivity contribution in [2.45, 2.75) is 37.8 Å². The van der Waals surface area contributed by atoms with Crippen LogP contribution in [0.5, 0.6) is 0 Å². The summed E-state index contributed by atoms with van der Waals surface area (Å²) < 4.78 is 12.7. The number of halogens is 1. The minimum atomic E-state index is -0.289. The van der Waals surface area contributed by atoms with Gasteiger partial charge in [-0.25, -0.2) is 4.39 Å². The van der Waals surface area contributed by atoms with Gasteiger partial charge in [0.1, 0.15) is 5.82 Å². The van der Waals surface area contributed by atoms with E-state index in [1.54, 1.807) is 18.2 Å². The second-order valence-electron chi connectivity index (χ2n) is 4.90. The summed E-state index contributed by atoms with van der Waals surface area (Å²) in [6, 6.07) is 6.11. The number of aliphatic hydroxyl groups excluding tert-OH is 1. The summed E-state index contributed by atoms with van der Waals surface area (Å²) in [5.74, 6) is -0.437. The zero-order chi connectivity index (χ0) is 13.7. The number of nitrogens with one attached hydrogen (secondary N) is 1. The van der Waals surface area contributed by atoms with Crippen LogP contribution >= 0.6 is 0 Å². The van der Waals surface area contributed by atoms with Crippen LogP contribution in [0.25, 0.3) is 6.08 Å². The van der Waals surface area contributed by atoms with Crippen LogP contribution < -0.4 is 5.32 Å². The lowest BCUT2D eigenvalue weighted by atomic mass is 9.93. The molecule has 2 N–H and O–H groups in total. The van der Waals surface area contributed by atoms with E-state index >= 15 is 0 Å². The third kappa shape index (κ3) is 4.48. The zero-order valence-electron chi connectivity index (χ0n) is 10.7. The maximum atomic E-state index is 12.7. The van der Waals surface area contributed by atoms with Crippen molar-refractivity contribution in [2.24, 2.45) is 0 Å². The van der Waals surface area contributed by atoms with Crippen molar-refractivity contribution >= 4 is 12.0 Å². The molecule has 1 fully saturated rings. The van der Waals surface area contributed by atoms with E-state index in [9.17, 15) is 14.3 Å². The van der Waals surface area contributed by atoms with Crippen LogP contribution in [-0.2, 0) is 4.79 Å². The molecular weight excluding hydrogens is 245 g/mol. The third-order valence-corrected chi connectivity index (χ3v) is 3.34. The van der Waals surface area contributed by atoms with Crippen molar-refractivity contribution in [3.05, 3.63) is 41.7 Å². The number of benzene rings is 1. The first-order valence-corrected chi connectivity index (χ1v) is 6.56. The molecular formula is C15H18FNO2. The summed E-state index contributed by atoms with van der Waals surface area (Å²) in [7, 11) is 0. The fourth-order valence-corrected chi connectivity index (χ4v) is 2.22. The maximum absolute atomic E-state index is 12.7. The van der Waals surface area contributed by atoms with Crippen molar-refractivity contribution in [1.82, 2.24) is 5.32 Å².